The van der Waals surface area contributed by atoms with Crippen LogP contribution >= 0.6 is 11.8 Å². The summed E-state index contributed by atoms with van der Waals surface area (Å²) < 4.78 is 5.25. The molecule has 1 heterocycles. The third kappa shape index (κ3) is 3.40. The predicted octanol–water partition coefficient (Wildman–Crippen LogP) is 2.22. The van der Waals surface area contributed by atoms with Crippen LogP contribution in [0.1, 0.15) is 20.8 Å². The zero-order valence-electron chi connectivity index (χ0n) is 9.37. The molecule has 82 valence electrons. The number of thioether (sulfide) groups is 1. The molecule has 0 aliphatic carbocycles. The molecular weight excluding hydrogens is 198 g/mol. The van der Waals surface area contributed by atoms with E-state index in [1.165, 1.54) is 0 Å². The van der Waals surface area contributed by atoms with Gasteiger partial charge in [0.25, 0.3) is 0 Å². The average molecular weight is 217 g/mol. The standard InChI is InChI=1S/C10H19NO2S/c1-10(2,3)13-9(12)11-5-8(6-11)7-14-4/h8H,5-7H2,1-4H3. The Kier molecular flexibility index (Phi) is 3.70. The van der Waals surface area contributed by atoms with Crippen molar-refractivity contribution in [2.75, 3.05) is 25.1 Å². The molecule has 14 heavy (non-hydrogen) atoms. The fourth-order valence-electron chi connectivity index (χ4n) is 1.39. The lowest BCUT2D eigenvalue weighted by Crippen LogP contribution is -2.52. The third-order valence-corrected chi connectivity index (χ3v) is 2.82. The van der Waals surface area contributed by atoms with Gasteiger partial charge in [-0.3, -0.25) is 0 Å². The van der Waals surface area contributed by atoms with E-state index in [2.05, 4.69) is 6.26 Å². The van der Waals surface area contributed by atoms with Crippen LogP contribution in [0.15, 0.2) is 0 Å². The van der Waals surface area contributed by atoms with Gasteiger partial charge in [-0.15, -0.1) is 0 Å². The van der Waals surface area contributed by atoms with E-state index in [1.807, 2.05) is 32.5 Å². The van der Waals surface area contributed by atoms with E-state index in [1.54, 1.807) is 4.90 Å². The Morgan fingerprint density at radius 1 is 1.50 bits per heavy atom. The number of ether oxygens (including phenoxy) is 1. The summed E-state index contributed by atoms with van der Waals surface area (Å²) in [6.07, 6.45) is 1.92. The maximum atomic E-state index is 11.5. The minimum Gasteiger partial charge on any atom is -0.444 e. The molecule has 1 aliphatic heterocycles. The molecule has 0 atom stereocenters. The number of carbonyl (C=O) groups is 1. The molecule has 1 aliphatic rings. The molecular formula is C10H19NO2S. The maximum absolute atomic E-state index is 11.5. The number of nitrogens with zero attached hydrogens (tertiary/aromatic N) is 1. The van der Waals surface area contributed by atoms with Crippen molar-refractivity contribution < 1.29 is 9.53 Å². The van der Waals surface area contributed by atoms with Crippen molar-refractivity contribution in [3.05, 3.63) is 0 Å². The van der Waals surface area contributed by atoms with Gasteiger partial charge in [0.05, 0.1) is 0 Å². The van der Waals surface area contributed by atoms with Crippen LogP contribution in [0.25, 0.3) is 0 Å². The van der Waals surface area contributed by atoms with Gasteiger partial charge in [-0.25, -0.2) is 4.79 Å². The van der Waals surface area contributed by atoms with E-state index < -0.39 is 0 Å². The minimum atomic E-state index is -0.373. The van der Waals surface area contributed by atoms with Crippen LogP contribution in [0.5, 0.6) is 0 Å². The molecule has 1 rings (SSSR count). The number of hydrogen-bond donors (Lipinski definition) is 0. The fraction of sp³-hybridized carbons (Fsp3) is 0.900. The summed E-state index contributed by atoms with van der Waals surface area (Å²) >= 11 is 1.83. The van der Waals surface area contributed by atoms with Gasteiger partial charge in [0.15, 0.2) is 0 Å². The molecule has 0 spiro atoms. The summed E-state index contributed by atoms with van der Waals surface area (Å²) in [6.45, 7) is 7.39. The molecule has 0 saturated carbocycles. The Labute approximate surface area is 90.2 Å². The van der Waals surface area contributed by atoms with Crippen LogP contribution in [0, 0.1) is 5.92 Å². The zero-order chi connectivity index (χ0) is 10.8. The number of hydrogen-bond acceptors (Lipinski definition) is 3. The van der Waals surface area contributed by atoms with E-state index in [0.29, 0.717) is 5.92 Å². The Bertz CT molecular complexity index is 207. The van der Waals surface area contributed by atoms with Crippen molar-refractivity contribution in [1.82, 2.24) is 4.90 Å². The molecule has 0 radical (unpaired) electrons. The topological polar surface area (TPSA) is 29.5 Å². The van der Waals surface area contributed by atoms with Gasteiger partial charge in [0.1, 0.15) is 5.60 Å². The highest BCUT2D eigenvalue weighted by Gasteiger charge is 2.32. The molecule has 1 amide bonds. The summed E-state index contributed by atoms with van der Waals surface area (Å²) in [5, 5.41) is 0. The minimum absolute atomic E-state index is 0.171. The average Bonchev–Trinajstić information content (AvgIpc) is 1.91. The predicted molar refractivity (Wildman–Crippen MR) is 59.7 cm³/mol. The first-order chi connectivity index (χ1) is 6.42. The molecule has 0 aromatic heterocycles. The highest BCUT2D eigenvalue weighted by molar-refractivity contribution is 7.98. The van der Waals surface area contributed by atoms with Gasteiger partial charge in [-0.1, -0.05) is 0 Å². The number of carbonyl (C=O) groups excluding carboxylic acids is 1. The molecule has 0 aromatic carbocycles. The van der Waals surface area contributed by atoms with Crippen molar-refractivity contribution in [3.8, 4) is 0 Å². The van der Waals surface area contributed by atoms with Gasteiger partial charge in [0.2, 0.25) is 0 Å². The third-order valence-electron chi connectivity index (χ3n) is 2.01. The number of amides is 1. The summed E-state index contributed by atoms with van der Waals surface area (Å²) in [5.74, 6) is 1.80. The second-order valence-electron chi connectivity index (χ2n) is 4.71. The van der Waals surface area contributed by atoms with Crippen molar-refractivity contribution in [2.45, 2.75) is 26.4 Å². The molecule has 4 heteroatoms. The number of rotatable bonds is 2. The quantitative estimate of drug-likeness (QED) is 0.710. The molecule has 1 fully saturated rings. The van der Waals surface area contributed by atoms with Gasteiger partial charge in [0, 0.05) is 19.0 Å². The van der Waals surface area contributed by atoms with Crippen LogP contribution in [-0.2, 0) is 4.74 Å². The Balaban J connectivity index is 2.23. The Morgan fingerprint density at radius 2 is 2.07 bits per heavy atom. The van der Waals surface area contributed by atoms with Crippen molar-refractivity contribution in [3.63, 3.8) is 0 Å². The first kappa shape index (κ1) is 11.7. The lowest BCUT2D eigenvalue weighted by atomic mass is 10.0. The monoisotopic (exact) mass is 217 g/mol. The Hall–Kier alpha value is -0.380. The molecule has 0 N–H and O–H groups in total. The van der Waals surface area contributed by atoms with E-state index in [-0.39, 0.29) is 11.7 Å². The first-order valence-electron chi connectivity index (χ1n) is 4.89. The van der Waals surface area contributed by atoms with E-state index >= 15 is 0 Å². The van der Waals surface area contributed by atoms with Crippen LogP contribution in [0.3, 0.4) is 0 Å². The van der Waals surface area contributed by atoms with E-state index in [4.69, 9.17) is 4.74 Å². The van der Waals surface area contributed by atoms with Gasteiger partial charge >= 0.3 is 6.09 Å². The smallest absolute Gasteiger partial charge is 0.410 e. The summed E-state index contributed by atoms with van der Waals surface area (Å²) in [7, 11) is 0. The molecule has 0 unspecified atom stereocenters. The highest BCUT2D eigenvalue weighted by atomic mass is 32.2. The van der Waals surface area contributed by atoms with Crippen LogP contribution in [-0.4, -0.2) is 41.7 Å². The second-order valence-corrected chi connectivity index (χ2v) is 5.62. The molecule has 0 aromatic rings. The largest absolute Gasteiger partial charge is 0.444 e. The lowest BCUT2D eigenvalue weighted by Gasteiger charge is -2.39. The fourth-order valence-corrected chi connectivity index (χ4v) is 2.07. The summed E-state index contributed by atoms with van der Waals surface area (Å²) in [4.78, 5) is 13.3. The van der Waals surface area contributed by atoms with E-state index in [0.717, 1.165) is 18.8 Å². The molecule has 1 saturated heterocycles. The SMILES string of the molecule is CSCC1CN(C(=O)OC(C)(C)C)C1. The van der Waals surface area contributed by atoms with Crippen LogP contribution < -0.4 is 0 Å². The van der Waals surface area contributed by atoms with Crippen LogP contribution in [0.2, 0.25) is 0 Å². The lowest BCUT2D eigenvalue weighted by molar-refractivity contribution is 0.00216. The highest BCUT2D eigenvalue weighted by Crippen LogP contribution is 2.21. The van der Waals surface area contributed by atoms with E-state index in [9.17, 15) is 4.79 Å². The van der Waals surface area contributed by atoms with Gasteiger partial charge < -0.3 is 9.64 Å². The normalized spacial score (nSPS) is 17.9. The van der Waals surface area contributed by atoms with Gasteiger partial charge in [-0.05, 0) is 32.8 Å². The molecule has 0 bridgehead atoms. The zero-order valence-corrected chi connectivity index (χ0v) is 10.2. The van der Waals surface area contributed by atoms with Crippen LogP contribution in [0.4, 0.5) is 4.79 Å². The first-order valence-corrected chi connectivity index (χ1v) is 6.28. The number of likely N-dealkylation sites (tertiary alicyclic amines) is 1. The van der Waals surface area contributed by atoms with Crippen molar-refractivity contribution in [2.24, 2.45) is 5.92 Å². The molecule has 3 nitrogen and oxygen atoms in total. The van der Waals surface area contributed by atoms with Gasteiger partial charge in [-0.2, -0.15) is 11.8 Å². The van der Waals surface area contributed by atoms with Crippen molar-refractivity contribution in [1.29, 1.82) is 0 Å². The summed E-state index contributed by atoms with van der Waals surface area (Å²) in [5.41, 5.74) is -0.373. The second kappa shape index (κ2) is 4.43. The Morgan fingerprint density at radius 3 is 2.50 bits per heavy atom. The van der Waals surface area contributed by atoms with Crippen molar-refractivity contribution >= 4 is 17.9 Å². The maximum Gasteiger partial charge on any atom is 0.410 e. The summed E-state index contributed by atoms with van der Waals surface area (Å²) in [6, 6.07) is 0.